The van der Waals surface area contributed by atoms with E-state index in [1.807, 2.05) is 72.8 Å². The minimum atomic E-state index is -2.26. The summed E-state index contributed by atoms with van der Waals surface area (Å²) < 4.78 is 32.3. The summed E-state index contributed by atoms with van der Waals surface area (Å²) in [5.74, 6) is -0.143. The third-order valence-electron chi connectivity index (χ3n) is 13.3. The number of hydrogen-bond donors (Lipinski definition) is 1. The van der Waals surface area contributed by atoms with Gasteiger partial charge >= 0.3 is 11.9 Å². The van der Waals surface area contributed by atoms with E-state index in [9.17, 15) is 14.7 Å². The molecule has 0 radical (unpaired) electrons. The molecule has 6 atom stereocenters. The molecule has 2 fully saturated rings. The molecule has 3 aromatic rings. The smallest absolute Gasteiger partial charge is 0.338 e. The summed E-state index contributed by atoms with van der Waals surface area (Å²) in [5, 5.41) is 10.1. The molecule has 1 saturated heterocycles. The number of benzene rings is 3. The Labute approximate surface area is 355 Å². The number of carbonyl (C=O) groups is 2. The van der Waals surface area contributed by atoms with Crippen molar-refractivity contribution < 1.29 is 38.1 Å². The summed E-state index contributed by atoms with van der Waals surface area (Å²) in [6, 6.07) is 27.9. The molecule has 1 aliphatic carbocycles. The number of carboxylic acid groups (broad SMARTS) is 1. The number of esters is 1. The Kier molecular flexibility index (Phi) is 17.7. The minimum absolute atomic E-state index is 0.0742. The first-order valence-corrected chi connectivity index (χ1v) is 25.5. The zero-order valence-electron chi connectivity index (χ0n) is 36.8. The molecule has 9 heteroatoms. The lowest BCUT2D eigenvalue weighted by Gasteiger charge is -2.42. The number of carbonyl (C=O) groups excluding carboxylic acids is 1. The van der Waals surface area contributed by atoms with Gasteiger partial charge in [-0.1, -0.05) is 120 Å². The molecule has 59 heavy (non-hydrogen) atoms. The predicted octanol–water partition coefficient (Wildman–Crippen LogP) is 12.7. The van der Waals surface area contributed by atoms with Crippen LogP contribution in [0.25, 0.3) is 11.1 Å². The summed E-state index contributed by atoms with van der Waals surface area (Å²) >= 11 is 0. The highest BCUT2D eigenvalue weighted by atomic mass is 28.4. The van der Waals surface area contributed by atoms with Crippen molar-refractivity contribution in [2.24, 2.45) is 11.3 Å². The number of unbranched alkanes of at least 4 members (excludes halogenated alkanes) is 4. The maximum Gasteiger partial charge on any atom is 0.338 e. The monoisotopic (exact) mass is 828 g/mol. The van der Waals surface area contributed by atoms with Crippen LogP contribution in [0.5, 0.6) is 5.75 Å². The van der Waals surface area contributed by atoms with Crippen LogP contribution >= 0.6 is 0 Å². The first kappa shape index (κ1) is 46.6. The van der Waals surface area contributed by atoms with Crippen molar-refractivity contribution in [3.63, 3.8) is 0 Å². The summed E-state index contributed by atoms with van der Waals surface area (Å²) in [6.07, 6.45) is 11.8. The number of rotatable bonds is 23. The topological polar surface area (TPSA) is 101 Å². The molecule has 5 rings (SSSR count). The molecule has 0 spiro atoms. The van der Waals surface area contributed by atoms with Crippen LogP contribution in [0.2, 0.25) is 18.1 Å². The van der Waals surface area contributed by atoms with Gasteiger partial charge in [-0.05, 0) is 117 Å². The number of hydrogen-bond acceptors (Lipinski definition) is 7. The van der Waals surface area contributed by atoms with Crippen molar-refractivity contribution in [3.05, 3.63) is 90.5 Å². The zero-order chi connectivity index (χ0) is 42.3. The van der Waals surface area contributed by atoms with Crippen molar-refractivity contribution in [1.82, 2.24) is 0 Å². The van der Waals surface area contributed by atoms with Crippen LogP contribution in [-0.4, -0.2) is 63.2 Å². The van der Waals surface area contributed by atoms with Crippen LogP contribution in [0.3, 0.4) is 0 Å². The molecule has 0 bridgehead atoms. The number of ether oxygens (including phenoxy) is 4. The minimum Gasteiger partial charge on any atom is -0.494 e. The third-order valence-corrected chi connectivity index (χ3v) is 17.7. The Morgan fingerprint density at radius 1 is 0.847 bits per heavy atom. The molecule has 1 saturated carbocycles. The molecule has 3 aromatic carbocycles. The first-order valence-electron chi connectivity index (χ1n) is 22.5. The summed E-state index contributed by atoms with van der Waals surface area (Å²) in [7, 11) is -2.26. The Morgan fingerprint density at radius 2 is 1.53 bits per heavy atom. The Bertz CT molecular complexity index is 1690. The van der Waals surface area contributed by atoms with E-state index >= 15 is 0 Å². The maximum atomic E-state index is 14.2. The van der Waals surface area contributed by atoms with Crippen LogP contribution in [0, 0.1) is 11.3 Å². The van der Waals surface area contributed by atoms with E-state index in [0.29, 0.717) is 31.6 Å². The maximum absolute atomic E-state index is 14.2. The molecule has 1 aliphatic heterocycles. The summed E-state index contributed by atoms with van der Waals surface area (Å²) in [5.41, 5.74) is 2.39. The molecule has 0 aromatic heterocycles. The molecular weight excluding hydrogens is 757 g/mol. The molecular formula is C50H72O8Si. The van der Waals surface area contributed by atoms with Gasteiger partial charge in [0.25, 0.3) is 0 Å². The standard InChI is InChI=1S/C50H72O8Si/c1-7-8-33-50(34-19-11-16-27-43(47(51)52)58-59(5,6)49(2,3)4)42(26-17-20-35-54-41-24-14-10-15-25-41)44(56-46-28-18-21-36-55-46)37-45(50)57-48(53)40-31-29-39(30-32-40)38-22-12-9-13-23-38/h9-10,12-15,22-25,29-32,42-46H,7-8,11,16-21,26-28,33-37H2,1-6H3,(H,51,52)/t42-,43?,44?,45-,46?,50+/m0/s1. The third kappa shape index (κ3) is 13.2. The quantitative estimate of drug-likeness (QED) is 0.0573. The van der Waals surface area contributed by atoms with Crippen LogP contribution < -0.4 is 4.74 Å². The van der Waals surface area contributed by atoms with Gasteiger partial charge in [0.1, 0.15) is 18.0 Å². The molecule has 1 heterocycles. The second kappa shape index (κ2) is 22.4. The molecule has 324 valence electrons. The van der Waals surface area contributed by atoms with Crippen molar-refractivity contribution in [1.29, 1.82) is 0 Å². The lowest BCUT2D eigenvalue weighted by atomic mass is 9.67. The van der Waals surface area contributed by atoms with Gasteiger partial charge < -0.3 is 28.5 Å². The van der Waals surface area contributed by atoms with Gasteiger partial charge in [-0.15, -0.1) is 0 Å². The number of carboxylic acids is 1. The summed E-state index contributed by atoms with van der Waals surface area (Å²) in [4.78, 5) is 26.6. The van der Waals surface area contributed by atoms with Crippen LogP contribution in [0.1, 0.15) is 134 Å². The largest absolute Gasteiger partial charge is 0.494 e. The van der Waals surface area contributed by atoms with E-state index in [1.54, 1.807) is 0 Å². The second-order valence-corrected chi connectivity index (χ2v) is 23.2. The van der Waals surface area contributed by atoms with E-state index in [1.165, 1.54) is 0 Å². The lowest BCUT2D eigenvalue weighted by Crippen LogP contribution is -2.46. The zero-order valence-corrected chi connectivity index (χ0v) is 37.8. The van der Waals surface area contributed by atoms with Crippen LogP contribution in [0.4, 0.5) is 0 Å². The van der Waals surface area contributed by atoms with Gasteiger partial charge in [0.15, 0.2) is 14.6 Å². The van der Waals surface area contributed by atoms with Crippen molar-refractivity contribution in [3.8, 4) is 16.9 Å². The Morgan fingerprint density at radius 3 is 2.17 bits per heavy atom. The molecule has 3 unspecified atom stereocenters. The van der Waals surface area contributed by atoms with Gasteiger partial charge in [-0.3, -0.25) is 0 Å². The average Bonchev–Trinajstić information content (AvgIpc) is 3.50. The molecule has 2 aliphatic rings. The van der Waals surface area contributed by atoms with E-state index in [-0.39, 0.29) is 40.8 Å². The van der Waals surface area contributed by atoms with Gasteiger partial charge in [0.05, 0.1) is 18.3 Å². The fourth-order valence-corrected chi connectivity index (χ4v) is 10.2. The first-order chi connectivity index (χ1) is 28.3. The van der Waals surface area contributed by atoms with Crippen molar-refractivity contribution in [2.45, 2.75) is 167 Å². The van der Waals surface area contributed by atoms with Gasteiger partial charge in [0.2, 0.25) is 0 Å². The second-order valence-electron chi connectivity index (χ2n) is 18.4. The van der Waals surface area contributed by atoms with Crippen molar-refractivity contribution >= 4 is 20.3 Å². The molecule has 8 nitrogen and oxygen atoms in total. The Hall–Kier alpha value is -3.50. The van der Waals surface area contributed by atoms with Gasteiger partial charge in [-0.25, -0.2) is 9.59 Å². The van der Waals surface area contributed by atoms with E-state index in [0.717, 1.165) is 100 Å². The SMILES string of the molecule is CCCC[C@]1(CCCCCC(O[Si](C)(C)C(C)(C)C)C(=O)O)[C@@H](OC(=O)c2ccc(-c3ccccc3)cc2)CC(OC2CCCCO2)[C@@H]1CCCCOc1ccccc1. The highest BCUT2D eigenvalue weighted by molar-refractivity contribution is 6.74. The van der Waals surface area contributed by atoms with Crippen LogP contribution in [0.15, 0.2) is 84.9 Å². The summed E-state index contributed by atoms with van der Waals surface area (Å²) in [6.45, 7) is 14.2. The van der Waals surface area contributed by atoms with E-state index in [2.05, 4.69) is 52.9 Å². The van der Waals surface area contributed by atoms with E-state index in [4.69, 9.17) is 23.4 Å². The van der Waals surface area contributed by atoms with Crippen LogP contribution in [-0.2, 0) is 23.4 Å². The Balaban J connectivity index is 1.37. The fourth-order valence-electron chi connectivity index (χ4n) is 8.87. The number of para-hydroxylation sites is 1. The van der Waals surface area contributed by atoms with Gasteiger partial charge in [-0.2, -0.15) is 0 Å². The fraction of sp³-hybridized carbons (Fsp3) is 0.600. The van der Waals surface area contributed by atoms with E-state index < -0.39 is 20.4 Å². The average molecular weight is 829 g/mol. The number of aliphatic carboxylic acids is 1. The highest BCUT2D eigenvalue weighted by Crippen LogP contribution is 2.55. The lowest BCUT2D eigenvalue weighted by molar-refractivity contribution is -0.199. The highest BCUT2D eigenvalue weighted by Gasteiger charge is 2.56. The predicted molar refractivity (Wildman–Crippen MR) is 238 cm³/mol. The molecule has 1 N–H and O–H groups in total. The molecule has 0 amide bonds. The van der Waals surface area contributed by atoms with Gasteiger partial charge in [0, 0.05) is 18.4 Å². The normalized spacial score (nSPS) is 22.8. The van der Waals surface area contributed by atoms with Crippen molar-refractivity contribution in [2.75, 3.05) is 13.2 Å².